The minimum atomic E-state index is -0.0405. The van der Waals surface area contributed by atoms with Gasteiger partial charge in [-0.15, -0.1) is 22.9 Å². The van der Waals surface area contributed by atoms with Gasteiger partial charge in [-0.1, -0.05) is 13.0 Å². The zero-order valence-electron chi connectivity index (χ0n) is 8.30. The molecule has 0 aliphatic heterocycles. The lowest BCUT2D eigenvalue weighted by Crippen LogP contribution is -2.42. The molecule has 0 unspecified atom stereocenters. The highest BCUT2D eigenvalue weighted by Gasteiger charge is 2.28. The van der Waals surface area contributed by atoms with Gasteiger partial charge < -0.3 is 5.32 Å². The summed E-state index contributed by atoms with van der Waals surface area (Å²) in [5.41, 5.74) is -0.0405. The van der Waals surface area contributed by atoms with Gasteiger partial charge >= 0.3 is 0 Å². The van der Waals surface area contributed by atoms with Gasteiger partial charge in [0.1, 0.15) is 0 Å². The van der Waals surface area contributed by atoms with Crippen molar-refractivity contribution in [1.82, 2.24) is 5.32 Å². The highest BCUT2D eigenvalue weighted by molar-refractivity contribution is 7.10. The fourth-order valence-corrected chi connectivity index (χ4v) is 2.53. The number of nitrogens with one attached hydrogen (secondary N) is 1. The Morgan fingerprint density at radius 1 is 1.62 bits per heavy atom. The van der Waals surface area contributed by atoms with Gasteiger partial charge in [-0.3, -0.25) is 0 Å². The van der Waals surface area contributed by atoms with Crippen molar-refractivity contribution in [2.75, 3.05) is 6.54 Å². The molecular weight excluding hydrogens is 202 g/mol. The Hall–Kier alpha value is -0.0500. The third kappa shape index (κ3) is 2.70. The lowest BCUT2D eigenvalue weighted by Gasteiger charge is -2.30. The molecule has 0 aliphatic carbocycles. The van der Waals surface area contributed by atoms with Crippen LogP contribution in [0.2, 0.25) is 0 Å². The zero-order chi connectivity index (χ0) is 9.90. The molecule has 0 fully saturated rings. The summed E-state index contributed by atoms with van der Waals surface area (Å²) in [5, 5.41) is 5.50. The first-order chi connectivity index (χ1) is 6.08. The van der Waals surface area contributed by atoms with Crippen LogP contribution in [-0.4, -0.2) is 12.1 Å². The molecule has 0 aliphatic rings. The SMILES string of the molecule is CCNC(C)(C)[C@H](Cl)c1cccs1. The molecule has 74 valence electrons. The second-order valence-electron chi connectivity index (χ2n) is 3.63. The van der Waals surface area contributed by atoms with Gasteiger partial charge in [0.2, 0.25) is 0 Å². The van der Waals surface area contributed by atoms with Gasteiger partial charge in [0.05, 0.1) is 5.38 Å². The largest absolute Gasteiger partial charge is 0.310 e. The Morgan fingerprint density at radius 2 is 2.31 bits per heavy atom. The molecule has 1 nitrogen and oxygen atoms in total. The minimum Gasteiger partial charge on any atom is -0.310 e. The van der Waals surface area contributed by atoms with Crippen molar-refractivity contribution in [1.29, 1.82) is 0 Å². The topological polar surface area (TPSA) is 12.0 Å². The fourth-order valence-electron chi connectivity index (χ4n) is 1.34. The molecule has 0 saturated heterocycles. The zero-order valence-corrected chi connectivity index (χ0v) is 9.88. The Balaban J connectivity index is 2.71. The summed E-state index contributed by atoms with van der Waals surface area (Å²) in [6, 6.07) is 4.12. The van der Waals surface area contributed by atoms with Crippen LogP contribution in [0.15, 0.2) is 17.5 Å². The Kier molecular flexibility index (Phi) is 3.77. The molecule has 1 aromatic heterocycles. The van der Waals surface area contributed by atoms with E-state index in [1.54, 1.807) is 11.3 Å². The van der Waals surface area contributed by atoms with E-state index in [4.69, 9.17) is 11.6 Å². The Morgan fingerprint density at radius 3 is 2.77 bits per heavy atom. The first kappa shape index (κ1) is 11.0. The lowest BCUT2D eigenvalue weighted by molar-refractivity contribution is 0.388. The molecule has 1 heterocycles. The smallest absolute Gasteiger partial charge is 0.0854 e. The third-order valence-electron chi connectivity index (χ3n) is 2.06. The van der Waals surface area contributed by atoms with Gasteiger partial charge in [0.25, 0.3) is 0 Å². The second-order valence-corrected chi connectivity index (χ2v) is 5.05. The maximum absolute atomic E-state index is 6.37. The molecule has 3 heteroatoms. The monoisotopic (exact) mass is 217 g/mol. The minimum absolute atomic E-state index is 0.0405. The Bertz CT molecular complexity index is 243. The average molecular weight is 218 g/mol. The second kappa shape index (κ2) is 4.45. The van der Waals surface area contributed by atoms with E-state index in [0.717, 1.165) is 6.54 Å². The molecule has 1 rings (SSSR count). The van der Waals surface area contributed by atoms with Crippen LogP contribution in [-0.2, 0) is 0 Å². The van der Waals surface area contributed by atoms with E-state index in [0.29, 0.717) is 0 Å². The van der Waals surface area contributed by atoms with Crippen molar-refractivity contribution in [2.24, 2.45) is 0 Å². The number of rotatable bonds is 4. The summed E-state index contributed by atoms with van der Waals surface area (Å²) in [6.45, 7) is 7.31. The van der Waals surface area contributed by atoms with Gasteiger partial charge in [-0.05, 0) is 31.8 Å². The van der Waals surface area contributed by atoms with Crippen LogP contribution in [0.5, 0.6) is 0 Å². The summed E-state index contributed by atoms with van der Waals surface area (Å²) in [4.78, 5) is 1.23. The van der Waals surface area contributed by atoms with E-state index >= 15 is 0 Å². The summed E-state index contributed by atoms with van der Waals surface area (Å²) in [5.74, 6) is 0. The number of alkyl halides is 1. The predicted octanol–water partition coefficient (Wildman–Crippen LogP) is 3.42. The highest BCUT2D eigenvalue weighted by Crippen LogP contribution is 2.34. The fraction of sp³-hybridized carbons (Fsp3) is 0.600. The molecule has 0 aromatic carbocycles. The molecule has 0 amide bonds. The first-order valence-corrected chi connectivity index (χ1v) is 5.82. The number of hydrogen-bond donors (Lipinski definition) is 1. The summed E-state index contributed by atoms with van der Waals surface area (Å²) < 4.78 is 0. The van der Waals surface area contributed by atoms with E-state index < -0.39 is 0 Å². The molecule has 13 heavy (non-hydrogen) atoms. The molecule has 0 spiro atoms. The summed E-state index contributed by atoms with van der Waals surface area (Å²) in [7, 11) is 0. The number of hydrogen-bond acceptors (Lipinski definition) is 2. The van der Waals surface area contributed by atoms with E-state index in [2.05, 4.69) is 37.5 Å². The van der Waals surface area contributed by atoms with Crippen LogP contribution in [0.3, 0.4) is 0 Å². The molecule has 1 atom stereocenters. The molecule has 0 radical (unpaired) electrons. The standard InChI is InChI=1S/C10H16ClNS/c1-4-12-10(2,3)9(11)8-6-5-7-13-8/h5-7,9,12H,4H2,1-3H3/t9-/m1/s1. The van der Waals surface area contributed by atoms with Gasteiger partial charge in [0.15, 0.2) is 0 Å². The average Bonchev–Trinajstić information content (AvgIpc) is 2.54. The van der Waals surface area contributed by atoms with E-state index in [-0.39, 0.29) is 10.9 Å². The van der Waals surface area contributed by atoms with Crippen LogP contribution in [0.4, 0.5) is 0 Å². The van der Waals surface area contributed by atoms with Gasteiger partial charge in [0, 0.05) is 10.4 Å². The van der Waals surface area contributed by atoms with Crippen molar-refractivity contribution >= 4 is 22.9 Å². The van der Waals surface area contributed by atoms with E-state index in [9.17, 15) is 0 Å². The van der Waals surface area contributed by atoms with Crippen LogP contribution in [0.25, 0.3) is 0 Å². The van der Waals surface area contributed by atoms with Crippen molar-refractivity contribution in [3.63, 3.8) is 0 Å². The van der Waals surface area contributed by atoms with Crippen molar-refractivity contribution in [3.05, 3.63) is 22.4 Å². The lowest BCUT2D eigenvalue weighted by atomic mass is 9.99. The number of thiophene rings is 1. The summed E-state index contributed by atoms with van der Waals surface area (Å²) in [6.07, 6.45) is 0. The van der Waals surface area contributed by atoms with Gasteiger partial charge in [-0.2, -0.15) is 0 Å². The van der Waals surface area contributed by atoms with Crippen LogP contribution < -0.4 is 5.32 Å². The van der Waals surface area contributed by atoms with Crippen molar-refractivity contribution < 1.29 is 0 Å². The molecule has 0 saturated carbocycles. The molecular formula is C10H16ClNS. The van der Waals surface area contributed by atoms with Crippen LogP contribution in [0.1, 0.15) is 31.0 Å². The summed E-state index contributed by atoms with van der Waals surface area (Å²) >= 11 is 8.08. The van der Waals surface area contributed by atoms with E-state index in [1.807, 2.05) is 6.07 Å². The maximum Gasteiger partial charge on any atom is 0.0854 e. The molecule has 1 aromatic rings. The number of halogens is 1. The van der Waals surface area contributed by atoms with Crippen LogP contribution >= 0.6 is 22.9 Å². The normalized spacial score (nSPS) is 14.5. The maximum atomic E-state index is 6.37. The van der Waals surface area contributed by atoms with Crippen molar-refractivity contribution in [2.45, 2.75) is 31.7 Å². The quantitative estimate of drug-likeness (QED) is 0.763. The van der Waals surface area contributed by atoms with Crippen molar-refractivity contribution in [3.8, 4) is 0 Å². The van der Waals surface area contributed by atoms with E-state index in [1.165, 1.54) is 4.88 Å². The van der Waals surface area contributed by atoms with Gasteiger partial charge in [-0.25, -0.2) is 0 Å². The third-order valence-corrected chi connectivity index (χ3v) is 3.91. The number of likely N-dealkylation sites (N-methyl/N-ethyl adjacent to an activating group) is 1. The molecule has 0 bridgehead atoms. The van der Waals surface area contributed by atoms with Crippen LogP contribution in [0, 0.1) is 0 Å². The Labute approximate surface area is 89.1 Å². The first-order valence-electron chi connectivity index (χ1n) is 4.50. The highest BCUT2D eigenvalue weighted by atomic mass is 35.5. The predicted molar refractivity (Wildman–Crippen MR) is 60.7 cm³/mol. The molecule has 1 N–H and O–H groups in total.